The van der Waals surface area contributed by atoms with Crippen LogP contribution >= 0.6 is 11.8 Å². The van der Waals surface area contributed by atoms with Crippen molar-refractivity contribution in [2.24, 2.45) is 0 Å². The highest BCUT2D eigenvalue weighted by atomic mass is 32.2. The van der Waals surface area contributed by atoms with E-state index in [1.165, 1.54) is 0 Å². The molecule has 136 valence electrons. The number of fused-ring (bicyclic) bond motifs is 1. The number of allylic oxidation sites excluding steroid dienone is 2. The van der Waals surface area contributed by atoms with Crippen molar-refractivity contribution < 1.29 is 9.53 Å². The average Bonchev–Trinajstić information content (AvgIpc) is 3.03. The summed E-state index contributed by atoms with van der Waals surface area (Å²) >= 11 is 1.60. The molecule has 0 radical (unpaired) electrons. The van der Waals surface area contributed by atoms with Crippen molar-refractivity contribution in [2.45, 2.75) is 44.3 Å². The van der Waals surface area contributed by atoms with E-state index in [1.807, 2.05) is 35.9 Å². The Bertz CT molecular complexity index is 874. The van der Waals surface area contributed by atoms with E-state index in [-0.39, 0.29) is 11.8 Å². The molecule has 6 nitrogen and oxygen atoms in total. The number of ketones is 1. The van der Waals surface area contributed by atoms with Crippen molar-refractivity contribution in [1.82, 2.24) is 14.8 Å². The van der Waals surface area contributed by atoms with Crippen molar-refractivity contribution in [3.8, 4) is 5.75 Å². The monoisotopic (exact) mass is 370 g/mol. The fourth-order valence-corrected chi connectivity index (χ4v) is 4.16. The second-order valence-corrected chi connectivity index (χ2v) is 7.49. The van der Waals surface area contributed by atoms with Gasteiger partial charge < -0.3 is 10.1 Å². The normalized spacial score (nSPS) is 19.0. The van der Waals surface area contributed by atoms with Crippen LogP contribution in [-0.4, -0.2) is 32.9 Å². The first-order valence-corrected chi connectivity index (χ1v) is 10.1. The third kappa shape index (κ3) is 2.90. The van der Waals surface area contributed by atoms with Gasteiger partial charge in [0.15, 0.2) is 5.78 Å². The highest BCUT2D eigenvalue weighted by molar-refractivity contribution is 7.99. The number of ether oxygens (including phenoxy) is 1. The minimum atomic E-state index is -0.296. The number of para-hydroxylation sites is 1. The number of anilines is 1. The molecule has 0 spiro atoms. The quantitative estimate of drug-likeness (QED) is 0.807. The molecule has 26 heavy (non-hydrogen) atoms. The van der Waals surface area contributed by atoms with Crippen LogP contribution in [-0.2, 0) is 4.79 Å². The van der Waals surface area contributed by atoms with E-state index in [4.69, 9.17) is 4.74 Å². The lowest BCUT2D eigenvalue weighted by Gasteiger charge is -2.32. The summed E-state index contributed by atoms with van der Waals surface area (Å²) in [7, 11) is 0. The molecular formula is C19H22N4O2S. The summed E-state index contributed by atoms with van der Waals surface area (Å²) in [6.45, 7) is 4.61. The summed E-state index contributed by atoms with van der Waals surface area (Å²) in [6.07, 6.45) is 2.31. The first-order valence-electron chi connectivity index (χ1n) is 9.07. The van der Waals surface area contributed by atoms with Crippen LogP contribution in [0.4, 0.5) is 5.95 Å². The Morgan fingerprint density at radius 2 is 2.15 bits per heavy atom. The zero-order valence-corrected chi connectivity index (χ0v) is 15.8. The highest BCUT2D eigenvalue weighted by Crippen LogP contribution is 2.43. The molecule has 1 aliphatic carbocycles. The molecule has 1 aliphatic heterocycles. The van der Waals surface area contributed by atoms with Crippen LogP contribution in [0.3, 0.4) is 0 Å². The van der Waals surface area contributed by atoms with Gasteiger partial charge in [-0.3, -0.25) is 4.79 Å². The lowest BCUT2D eigenvalue weighted by Crippen LogP contribution is -2.31. The fraction of sp³-hybridized carbons (Fsp3) is 0.421. The van der Waals surface area contributed by atoms with Gasteiger partial charge in [0, 0.05) is 23.3 Å². The number of aromatic nitrogens is 3. The minimum absolute atomic E-state index is 0.181. The largest absolute Gasteiger partial charge is 0.494 e. The molecule has 0 bridgehead atoms. The van der Waals surface area contributed by atoms with Crippen LogP contribution in [0.2, 0.25) is 0 Å². The van der Waals surface area contributed by atoms with Crippen LogP contribution in [0.15, 0.2) is 40.7 Å². The number of hydrogen-bond donors (Lipinski definition) is 1. The second kappa shape index (κ2) is 7.15. The summed E-state index contributed by atoms with van der Waals surface area (Å²) in [5.41, 5.74) is 2.73. The van der Waals surface area contributed by atoms with Gasteiger partial charge in [0.05, 0.1) is 6.61 Å². The number of Topliss-reactive ketones (excluding diaryl/α,β-unsaturated/α-hetero) is 1. The molecule has 1 atom stereocenters. The summed E-state index contributed by atoms with van der Waals surface area (Å²) < 4.78 is 7.70. The van der Waals surface area contributed by atoms with E-state index >= 15 is 0 Å². The molecule has 0 saturated heterocycles. The van der Waals surface area contributed by atoms with Crippen LogP contribution in [0.25, 0.3) is 0 Å². The first kappa shape index (κ1) is 17.1. The first-order chi connectivity index (χ1) is 12.7. The van der Waals surface area contributed by atoms with Gasteiger partial charge in [0.2, 0.25) is 11.1 Å². The van der Waals surface area contributed by atoms with Gasteiger partial charge in [-0.15, -0.1) is 5.10 Å². The molecule has 1 N–H and O–H groups in total. The van der Waals surface area contributed by atoms with Crippen LogP contribution < -0.4 is 10.1 Å². The standard InChI is InChI=1S/C19H22N4O2S/c1-3-25-15-11-6-5-8-12(15)17-16-13(9-7-10-14(16)24)20-18-21-19(26-4-2)22-23(17)18/h5-6,8,11,17H,3-4,7,9-10H2,1-2H3,(H,20,21,22)/t17-/m0/s1. The average molecular weight is 370 g/mol. The Labute approximate surface area is 157 Å². The summed E-state index contributed by atoms with van der Waals surface area (Å²) in [6, 6.07) is 7.61. The Morgan fingerprint density at radius 1 is 1.31 bits per heavy atom. The maximum Gasteiger partial charge on any atom is 0.227 e. The maximum atomic E-state index is 12.8. The summed E-state index contributed by atoms with van der Waals surface area (Å²) in [5.74, 6) is 2.57. The Balaban J connectivity index is 1.89. The minimum Gasteiger partial charge on any atom is -0.494 e. The van der Waals surface area contributed by atoms with Crippen molar-refractivity contribution >= 4 is 23.5 Å². The molecule has 1 aromatic carbocycles. The number of thioether (sulfide) groups is 1. The topological polar surface area (TPSA) is 69.0 Å². The number of benzene rings is 1. The fourth-order valence-electron chi connectivity index (χ4n) is 3.61. The molecule has 2 aliphatic rings. The molecule has 2 heterocycles. The lowest BCUT2D eigenvalue weighted by atomic mass is 9.85. The maximum absolute atomic E-state index is 12.8. The van der Waals surface area contributed by atoms with Gasteiger partial charge in [-0.2, -0.15) is 4.98 Å². The number of nitrogens with zero attached hydrogens (tertiary/aromatic N) is 3. The van der Waals surface area contributed by atoms with Crippen LogP contribution in [0, 0.1) is 0 Å². The third-order valence-corrected chi connectivity index (χ3v) is 5.36. The van der Waals surface area contributed by atoms with Crippen molar-refractivity contribution in [2.75, 3.05) is 17.7 Å². The molecule has 4 rings (SSSR count). The molecule has 0 fully saturated rings. The van der Waals surface area contributed by atoms with Gasteiger partial charge in [0.1, 0.15) is 11.8 Å². The van der Waals surface area contributed by atoms with Gasteiger partial charge in [0.25, 0.3) is 0 Å². The Kier molecular flexibility index (Phi) is 4.72. The summed E-state index contributed by atoms with van der Waals surface area (Å²) in [5, 5.41) is 8.77. The molecule has 2 aromatic rings. The second-order valence-electron chi connectivity index (χ2n) is 6.26. The van der Waals surface area contributed by atoms with E-state index in [0.29, 0.717) is 19.0 Å². The molecular weight excluding hydrogens is 348 g/mol. The molecule has 7 heteroatoms. The molecule has 0 amide bonds. The smallest absolute Gasteiger partial charge is 0.227 e. The zero-order valence-electron chi connectivity index (χ0n) is 15.0. The van der Waals surface area contributed by atoms with Gasteiger partial charge in [-0.05, 0) is 31.6 Å². The predicted molar refractivity (Wildman–Crippen MR) is 102 cm³/mol. The van der Waals surface area contributed by atoms with E-state index in [2.05, 4.69) is 22.3 Å². The Morgan fingerprint density at radius 3 is 2.96 bits per heavy atom. The summed E-state index contributed by atoms with van der Waals surface area (Å²) in [4.78, 5) is 17.4. The Hall–Kier alpha value is -2.28. The van der Waals surface area contributed by atoms with E-state index < -0.39 is 0 Å². The predicted octanol–water partition coefficient (Wildman–Crippen LogP) is 3.81. The SMILES string of the molecule is CCOc1ccccc1[C@H]1C2=C(CCCC2=O)Nc2nc(SCC)nn21. The van der Waals surface area contributed by atoms with Crippen molar-refractivity contribution in [3.63, 3.8) is 0 Å². The highest BCUT2D eigenvalue weighted by Gasteiger charge is 2.38. The van der Waals surface area contributed by atoms with E-state index in [1.54, 1.807) is 11.8 Å². The van der Waals surface area contributed by atoms with Crippen LogP contribution in [0.5, 0.6) is 5.75 Å². The van der Waals surface area contributed by atoms with Gasteiger partial charge in [-0.1, -0.05) is 36.9 Å². The van der Waals surface area contributed by atoms with Crippen LogP contribution in [0.1, 0.15) is 44.7 Å². The lowest BCUT2D eigenvalue weighted by molar-refractivity contribution is -0.116. The number of nitrogens with one attached hydrogen (secondary N) is 1. The van der Waals surface area contributed by atoms with E-state index in [0.717, 1.165) is 46.3 Å². The van der Waals surface area contributed by atoms with Gasteiger partial charge >= 0.3 is 0 Å². The van der Waals surface area contributed by atoms with Crippen molar-refractivity contribution in [1.29, 1.82) is 0 Å². The van der Waals surface area contributed by atoms with Crippen molar-refractivity contribution in [3.05, 3.63) is 41.1 Å². The molecule has 0 unspecified atom stereocenters. The van der Waals surface area contributed by atoms with E-state index in [9.17, 15) is 4.79 Å². The molecule has 0 saturated carbocycles. The number of hydrogen-bond acceptors (Lipinski definition) is 6. The molecule has 1 aromatic heterocycles. The zero-order chi connectivity index (χ0) is 18.1. The number of carbonyl (C=O) groups excluding carboxylic acids is 1. The number of carbonyl (C=O) groups is 1. The van der Waals surface area contributed by atoms with Gasteiger partial charge in [-0.25, -0.2) is 4.68 Å². The number of rotatable bonds is 5. The third-order valence-electron chi connectivity index (χ3n) is 4.64.